The van der Waals surface area contributed by atoms with Crippen LogP contribution in [0.5, 0.6) is 0 Å². The second-order valence-corrected chi connectivity index (χ2v) is 18.2. The van der Waals surface area contributed by atoms with Crippen LogP contribution in [0.4, 0.5) is 0 Å². The van der Waals surface area contributed by atoms with Crippen LogP contribution >= 0.6 is 0 Å². The molecule has 0 N–H and O–H groups in total. The van der Waals surface area contributed by atoms with E-state index < -0.39 is 0 Å². The van der Waals surface area contributed by atoms with Crippen molar-refractivity contribution in [3.63, 3.8) is 0 Å². The summed E-state index contributed by atoms with van der Waals surface area (Å²) in [7, 11) is 0. The molecule has 14 rings (SSSR count). The van der Waals surface area contributed by atoms with E-state index in [0.717, 1.165) is 78.9 Å². The second-order valence-electron chi connectivity index (χ2n) is 18.2. The zero-order valence-corrected chi connectivity index (χ0v) is 37.0. The van der Waals surface area contributed by atoms with Crippen LogP contribution in [0.1, 0.15) is 29.0 Å². The largest absolute Gasteiger partial charge is 0.456 e. The molecule has 13 aromatic rings. The fourth-order valence-electron chi connectivity index (χ4n) is 11.0. The Hall–Kier alpha value is -8.73. The van der Waals surface area contributed by atoms with Crippen LogP contribution in [0, 0.1) is 0 Å². The van der Waals surface area contributed by atoms with E-state index in [1.54, 1.807) is 0 Å². The van der Waals surface area contributed by atoms with Crippen molar-refractivity contribution < 1.29 is 4.42 Å². The topological polar surface area (TPSA) is 51.8 Å². The lowest BCUT2D eigenvalue weighted by atomic mass is 9.81. The van der Waals surface area contributed by atoms with E-state index in [2.05, 4.69) is 218 Å². The van der Waals surface area contributed by atoms with E-state index in [0.29, 0.717) is 17.5 Å². The van der Waals surface area contributed by atoms with E-state index in [-0.39, 0.29) is 5.92 Å². The first-order valence-electron chi connectivity index (χ1n) is 23.5. The predicted octanol–water partition coefficient (Wildman–Crippen LogP) is 16.8. The maximum Gasteiger partial charge on any atom is 0.164 e. The summed E-state index contributed by atoms with van der Waals surface area (Å²) < 4.78 is 7.17. The number of hydrogen-bond donors (Lipinski definition) is 0. The summed E-state index contributed by atoms with van der Waals surface area (Å²) in [6.07, 6.45) is 1.79. The third-order valence-corrected chi connectivity index (χ3v) is 14.3. The highest BCUT2D eigenvalue weighted by molar-refractivity contribution is 6.20. The second kappa shape index (κ2) is 15.4. The van der Waals surface area contributed by atoms with Gasteiger partial charge in [0, 0.05) is 38.9 Å². The van der Waals surface area contributed by atoms with Crippen molar-refractivity contribution in [1.29, 1.82) is 0 Å². The van der Waals surface area contributed by atoms with E-state index in [1.165, 1.54) is 54.6 Å². The van der Waals surface area contributed by atoms with Gasteiger partial charge in [0.25, 0.3) is 0 Å². The Balaban J connectivity index is 1.05. The van der Waals surface area contributed by atoms with Crippen molar-refractivity contribution in [1.82, 2.24) is 15.0 Å². The molecule has 4 heteroatoms. The van der Waals surface area contributed by atoms with Gasteiger partial charge < -0.3 is 4.42 Å². The quantitative estimate of drug-likeness (QED) is 0.173. The van der Waals surface area contributed by atoms with Gasteiger partial charge in [-0.1, -0.05) is 182 Å². The Morgan fingerprint density at radius 1 is 0.368 bits per heavy atom. The number of aryl methyl sites for hydroxylation is 1. The van der Waals surface area contributed by atoms with Crippen LogP contribution in [0.15, 0.2) is 223 Å². The van der Waals surface area contributed by atoms with Gasteiger partial charge in [0.2, 0.25) is 0 Å². The normalized spacial score (nSPS) is 13.6. The first kappa shape index (κ1) is 38.5. The number of aromatic nitrogens is 3. The zero-order chi connectivity index (χ0) is 44.7. The molecule has 1 atom stereocenters. The van der Waals surface area contributed by atoms with Crippen molar-refractivity contribution >= 4 is 65.0 Å². The molecule has 1 unspecified atom stereocenters. The molecule has 0 radical (unpaired) electrons. The maximum atomic E-state index is 7.17. The monoisotopic (exact) mass is 867 g/mol. The van der Waals surface area contributed by atoms with Gasteiger partial charge in [0.05, 0.1) is 0 Å². The number of nitrogens with zero attached hydrogens (tertiary/aromatic N) is 3. The van der Waals surface area contributed by atoms with Crippen molar-refractivity contribution in [2.45, 2.75) is 18.8 Å². The minimum Gasteiger partial charge on any atom is -0.456 e. The summed E-state index contributed by atoms with van der Waals surface area (Å²) in [4.78, 5) is 16.1. The minimum absolute atomic E-state index is 0.0234. The van der Waals surface area contributed by atoms with Crippen LogP contribution in [-0.4, -0.2) is 15.0 Å². The number of furan rings is 1. The molecule has 318 valence electrons. The number of rotatable bonds is 5. The lowest BCUT2D eigenvalue weighted by Gasteiger charge is -2.22. The lowest BCUT2D eigenvalue weighted by molar-refractivity contribution is 0.648. The summed E-state index contributed by atoms with van der Waals surface area (Å²) in [6, 6.07) is 78.6. The van der Waals surface area contributed by atoms with Gasteiger partial charge in [0.1, 0.15) is 11.2 Å². The van der Waals surface area contributed by atoms with Gasteiger partial charge >= 0.3 is 0 Å². The first-order chi connectivity index (χ1) is 33.7. The third-order valence-electron chi connectivity index (χ3n) is 14.3. The standard InChI is InChI=1S/C64H41N3O/c1-2-13-39(14-3-1)44-21-12-22-48(34-44)62-65-63(49-26-25-40-15-4-5-18-43(40)35-49)67-64(66-62)50-37-56(61-57(38-50)60-52-24-11-9-17-42(52)29-32-58(60)68-61)54-31-28-47-33-45-19-6-7-20-46(45)36-55(47)53-30-27-41-16-8-10-23-51(41)59(53)54/h1-27,29-30,32-38,54H,28,31H2. The van der Waals surface area contributed by atoms with Crippen molar-refractivity contribution in [3.8, 4) is 56.4 Å². The molecule has 2 heterocycles. The molecule has 1 aliphatic rings. The molecule has 0 saturated heterocycles. The molecule has 2 aromatic heterocycles. The molecule has 0 fully saturated rings. The molecule has 0 spiro atoms. The number of hydrogen-bond acceptors (Lipinski definition) is 4. The van der Waals surface area contributed by atoms with E-state index >= 15 is 0 Å². The lowest BCUT2D eigenvalue weighted by Crippen LogP contribution is -2.05. The Labute approximate surface area is 392 Å². The van der Waals surface area contributed by atoms with Crippen LogP contribution in [0.3, 0.4) is 0 Å². The van der Waals surface area contributed by atoms with Gasteiger partial charge in [-0.25, -0.2) is 15.0 Å². The Kier molecular flexibility index (Phi) is 8.75. The summed E-state index contributed by atoms with van der Waals surface area (Å²) in [5.74, 6) is 1.83. The predicted molar refractivity (Wildman–Crippen MR) is 281 cm³/mol. The Bertz CT molecular complexity index is 4170. The van der Waals surface area contributed by atoms with Crippen LogP contribution in [-0.2, 0) is 6.42 Å². The van der Waals surface area contributed by atoms with Crippen LogP contribution < -0.4 is 0 Å². The maximum absolute atomic E-state index is 7.17. The fourth-order valence-corrected chi connectivity index (χ4v) is 11.0. The average molecular weight is 868 g/mol. The summed E-state index contributed by atoms with van der Waals surface area (Å²) in [6.45, 7) is 0. The molecule has 0 bridgehead atoms. The highest BCUT2D eigenvalue weighted by Crippen LogP contribution is 2.49. The summed E-state index contributed by atoms with van der Waals surface area (Å²) in [5, 5.41) is 11.8. The number of fused-ring (bicyclic) bond motifs is 12. The highest BCUT2D eigenvalue weighted by Gasteiger charge is 2.30. The summed E-state index contributed by atoms with van der Waals surface area (Å²) >= 11 is 0. The zero-order valence-electron chi connectivity index (χ0n) is 37.0. The first-order valence-corrected chi connectivity index (χ1v) is 23.5. The molecule has 11 aromatic carbocycles. The Morgan fingerprint density at radius 3 is 1.75 bits per heavy atom. The molecule has 1 aliphatic carbocycles. The van der Waals surface area contributed by atoms with E-state index in [9.17, 15) is 0 Å². The average Bonchev–Trinajstić information content (AvgIpc) is 3.72. The van der Waals surface area contributed by atoms with Crippen molar-refractivity contribution in [2.24, 2.45) is 0 Å². The van der Waals surface area contributed by atoms with Gasteiger partial charge in [-0.05, 0) is 126 Å². The van der Waals surface area contributed by atoms with Gasteiger partial charge in [0.15, 0.2) is 17.5 Å². The van der Waals surface area contributed by atoms with E-state index in [4.69, 9.17) is 19.4 Å². The van der Waals surface area contributed by atoms with Crippen molar-refractivity contribution in [3.05, 3.63) is 235 Å². The molecule has 0 saturated carbocycles. The van der Waals surface area contributed by atoms with Gasteiger partial charge in [-0.15, -0.1) is 0 Å². The molecule has 0 aliphatic heterocycles. The molecule has 68 heavy (non-hydrogen) atoms. The SMILES string of the molecule is c1ccc(-c2cccc(-c3nc(-c4ccc5ccccc5c4)nc(-c4cc(C5CCc6cc7ccccc7cc6-c6ccc7ccccc7c65)c5oc6ccc7ccccc7c6c5c4)n3)c2)cc1. The Morgan fingerprint density at radius 2 is 0.956 bits per heavy atom. The van der Waals surface area contributed by atoms with Crippen LogP contribution in [0.25, 0.3) is 121 Å². The fraction of sp³-hybridized carbons (Fsp3) is 0.0469. The summed E-state index contributed by atoms with van der Waals surface area (Å²) in [5.41, 5.74) is 13.2. The highest BCUT2D eigenvalue weighted by atomic mass is 16.3. The smallest absolute Gasteiger partial charge is 0.164 e. The molecular weight excluding hydrogens is 827 g/mol. The van der Waals surface area contributed by atoms with Crippen LogP contribution in [0.2, 0.25) is 0 Å². The van der Waals surface area contributed by atoms with Crippen molar-refractivity contribution in [2.75, 3.05) is 0 Å². The molecule has 4 nitrogen and oxygen atoms in total. The third kappa shape index (κ3) is 6.33. The molecular formula is C64H41N3O. The van der Waals surface area contributed by atoms with Gasteiger partial charge in [-0.3, -0.25) is 0 Å². The molecule has 0 amide bonds. The van der Waals surface area contributed by atoms with E-state index in [1.807, 2.05) is 0 Å². The minimum atomic E-state index is -0.0234. The van der Waals surface area contributed by atoms with Gasteiger partial charge in [-0.2, -0.15) is 0 Å². The number of benzene rings is 11.